The van der Waals surface area contributed by atoms with E-state index in [0.717, 1.165) is 12.0 Å². The average molecular weight is 286 g/mol. The quantitative estimate of drug-likeness (QED) is 0.783. The molecule has 5 heteroatoms. The molecule has 106 valence electrons. The van der Waals surface area contributed by atoms with Crippen LogP contribution in [0.15, 0.2) is 18.2 Å². The SMILES string of the molecule is COCCCNC(=O)[C@@H](C)Oc1ccc(Cl)cc1C. The van der Waals surface area contributed by atoms with Gasteiger partial charge in [-0.15, -0.1) is 0 Å². The van der Waals surface area contributed by atoms with Gasteiger partial charge in [0.2, 0.25) is 0 Å². The summed E-state index contributed by atoms with van der Waals surface area (Å²) in [6.45, 7) is 4.83. The van der Waals surface area contributed by atoms with Crippen LogP contribution >= 0.6 is 11.6 Å². The van der Waals surface area contributed by atoms with E-state index < -0.39 is 6.10 Å². The minimum Gasteiger partial charge on any atom is -0.481 e. The van der Waals surface area contributed by atoms with Gasteiger partial charge in [0.25, 0.3) is 5.91 Å². The van der Waals surface area contributed by atoms with Gasteiger partial charge in [0.1, 0.15) is 5.75 Å². The summed E-state index contributed by atoms with van der Waals surface area (Å²) in [7, 11) is 1.64. The van der Waals surface area contributed by atoms with E-state index in [0.29, 0.717) is 23.9 Å². The number of benzene rings is 1. The van der Waals surface area contributed by atoms with Gasteiger partial charge in [-0.25, -0.2) is 0 Å². The fourth-order valence-corrected chi connectivity index (χ4v) is 1.79. The van der Waals surface area contributed by atoms with Crippen molar-refractivity contribution in [2.24, 2.45) is 0 Å². The molecule has 0 bridgehead atoms. The molecular weight excluding hydrogens is 266 g/mol. The van der Waals surface area contributed by atoms with Gasteiger partial charge < -0.3 is 14.8 Å². The minimum atomic E-state index is -0.539. The summed E-state index contributed by atoms with van der Waals surface area (Å²) in [5, 5.41) is 3.45. The Morgan fingerprint density at radius 3 is 2.84 bits per heavy atom. The van der Waals surface area contributed by atoms with Gasteiger partial charge in [0, 0.05) is 25.3 Å². The molecule has 1 atom stereocenters. The number of amides is 1. The second kappa shape index (κ2) is 8.02. The molecule has 0 saturated carbocycles. The lowest BCUT2D eigenvalue weighted by Gasteiger charge is -2.16. The van der Waals surface area contributed by atoms with Crippen molar-refractivity contribution >= 4 is 17.5 Å². The zero-order valence-electron chi connectivity index (χ0n) is 11.5. The van der Waals surface area contributed by atoms with Gasteiger partial charge in [-0.2, -0.15) is 0 Å². The van der Waals surface area contributed by atoms with Crippen molar-refractivity contribution in [1.82, 2.24) is 5.32 Å². The Kier molecular flexibility index (Phi) is 6.67. The molecule has 1 amide bonds. The number of halogens is 1. The summed E-state index contributed by atoms with van der Waals surface area (Å²) in [4.78, 5) is 11.8. The fourth-order valence-electron chi connectivity index (χ4n) is 1.56. The first-order valence-electron chi connectivity index (χ1n) is 6.24. The van der Waals surface area contributed by atoms with Gasteiger partial charge in [0.15, 0.2) is 6.10 Å². The Morgan fingerprint density at radius 1 is 1.47 bits per heavy atom. The molecular formula is C14H20ClNO3. The smallest absolute Gasteiger partial charge is 0.260 e. The lowest BCUT2D eigenvalue weighted by molar-refractivity contribution is -0.127. The highest BCUT2D eigenvalue weighted by Crippen LogP contribution is 2.22. The lowest BCUT2D eigenvalue weighted by Crippen LogP contribution is -2.37. The summed E-state index contributed by atoms with van der Waals surface area (Å²) < 4.78 is 10.5. The van der Waals surface area contributed by atoms with Crippen LogP contribution in [0.4, 0.5) is 0 Å². The third kappa shape index (κ3) is 5.49. The summed E-state index contributed by atoms with van der Waals surface area (Å²) in [6, 6.07) is 5.32. The van der Waals surface area contributed by atoms with Crippen molar-refractivity contribution in [3.05, 3.63) is 28.8 Å². The van der Waals surface area contributed by atoms with Crippen molar-refractivity contribution in [3.63, 3.8) is 0 Å². The molecule has 0 saturated heterocycles. The maximum absolute atomic E-state index is 11.8. The van der Waals surface area contributed by atoms with Gasteiger partial charge in [-0.3, -0.25) is 4.79 Å². The first-order chi connectivity index (χ1) is 9.04. The molecule has 0 heterocycles. The second-order valence-electron chi connectivity index (χ2n) is 4.31. The third-order valence-corrected chi connectivity index (χ3v) is 2.87. The van der Waals surface area contributed by atoms with Gasteiger partial charge in [-0.05, 0) is 44.0 Å². The molecule has 0 spiro atoms. The minimum absolute atomic E-state index is 0.134. The molecule has 1 aromatic rings. The van der Waals surface area contributed by atoms with Crippen molar-refractivity contribution in [2.75, 3.05) is 20.3 Å². The zero-order chi connectivity index (χ0) is 14.3. The first kappa shape index (κ1) is 15.8. The summed E-state index contributed by atoms with van der Waals surface area (Å²) in [5.74, 6) is 0.536. The van der Waals surface area contributed by atoms with Gasteiger partial charge in [-0.1, -0.05) is 11.6 Å². The van der Waals surface area contributed by atoms with E-state index >= 15 is 0 Å². The van der Waals surface area contributed by atoms with Crippen LogP contribution in [0.2, 0.25) is 5.02 Å². The van der Waals surface area contributed by atoms with E-state index in [1.165, 1.54) is 0 Å². The second-order valence-corrected chi connectivity index (χ2v) is 4.74. The number of methoxy groups -OCH3 is 1. The maximum atomic E-state index is 11.8. The van der Waals surface area contributed by atoms with Crippen LogP contribution in [-0.4, -0.2) is 32.3 Å². The topological polar surface area (TPSA) is 47.6 Å². The van der Waals surface area contributed by atoms with Crippen molar-refractivity contribution in [1.29, 1.82) is 0 Å². The molecule has 0 unspecified atom stereocenters. The van der Waals surface area contributed by atoms with Crippen molar-refractivity contribution in [3.8, 4) is 5.75 Å². The van der Waals surface area contributed by atoms with Crippen LogP contribution in [-0.2, 0) is 9.53 Å². The monoisotopic (exact) mass is 285 g/mol. The fraction of sp³-hybridized carbons (Fsp3) is 0.500. The molecule has 0 aliphatic heterocycles. The Labute approximate surface area is 119 Å². The molecule has 4 nitrogen and oxygen atoms in total. The molecule has 1 rings (SSSR count). The first-order valence-corrected chi connectivity index (χ1v) is 6.62. The average Bonchev–Trinajstić information content (AvgIpc) is 2.37. The number of rotatable bonds is 7. The molecule has 0 aliphatic carbocycles. The summed E-state index contributed by atoms with van der Waals surface area (Å²) in [5.41, 5.74) is 0.909. The number of nitrogens with one attached hydrogen (secondary N) is 1. The van der Waals surface area contributed by atoms with Crippen LogP contribution in [0.5, 0.6) is 5.75 Å². The van der Waals surface area contributed by atoms with E-state index in [1.54, 1.807) is 32.2 Å². The number of ether oxygens (including phenoxy) is 2. The maximum Gasteiger partial charge on any atom is 0.260 e. The highest BCUT2D eigenvalue weighted by Gasteiger charge is 2.14. The number of hydrogen-bond donors (Lipinski definition) is 1. The molecule has 1 N–H and O–H groups in total. The zero-order valence-corrected chi connectivity index (χ0v) is 12.3. The predicted octanol–water partition coefficient (Wildman–Crippen LogP) is 2.57. The van der Waals surface area contributed by atoms with Crippen molar-refractivity contribution < 1.29 is 14.3 Å². The van der Waals surface area contributed by atoms with Gasteiger partial charge >= 0.3 is 0 Å². The highest BCUT2D eigenvalue weighted by atomic mass is 35.5. The third-order valence-electron chi connectivity index (χ3n) is 2.63. The van der Waals surface area contributed by atoms with E-state index in [1.807, 2.05) is 6.92 Å². The Morgan fingerprint density at radius 2 is 2.21 bits per heavy atom. The van der Waals surface area contributed by atoms with E-state index in [9.17, 15) is 4.79 Å². The van der Waals surface area contributed by atoms with Crippen LogP contribution in [0.1, 0.15) is 18.9 Å². The normalized spacial score (nSPS) is 12.0. The van der Waals surface area contributed by atoms with E-state index in [4.69, 9.17) is 21.1 Å². The van der Waals surface area contributed by atoms with E-state index in [2.05, 4.69) is 5.32 Å². The lowest BCUT2D eigenvalue weighted by atomic mass is 10.2. The predicted molar refractivity (Wildman–Crippen MR) is 75.8 cm³/mol. The largest absolute Gasteiger partial charge is 0.481 e. The number of carbonyl (C=O) groups is 1. The van der Waals surface area contributed by atoms with E-state index in [-0.39, 0.29) is 5.91 Å². The van der Waals surface area contributed by atoms with Crippen LogP contribution in [0.25, 0.3) is 0 Å². The number of carbonyl (C=O) groups excluding carboxylic acids is 1. The Bertz CT molecular complexity index is 423. The number of hydrogen-bond acceptors (Lipinski definition) is 3. The standard InChI is InChI=1S/C14H20ClNO3/c1-10-9-12(15)5-6-13(10)19-11(2)14(17)16-7-4-8-18-3/h5-6,9,11H,4,7-8H2,1-3H3,(H,16,17)/t11-/m1/s1. The Balaban J connectivity index is 2.45. The van der Waals surface area contributed by atoms with Crippen LogP contribution in [0.3, 0.4) is 0 Å². The van der Waals surface area contributed by atoms with Gasteiger partial charge in [0.05, 0.1) is 0 Å². The molecule has 0 aromatic heterocycles. The number of aryl methyl sites for hydroxylation is 1. The van der Waals surface area contributed by atoms with Crippen LogP contribution in [0, 0.1) is 6.92 Å². The summed E-state index contributed by atoms with van der Waals surface area (Å²) in [6.07, 6.45) is 0.247. The van der Waals surface area contributed by atoms with Crippen LogP contribution < -0.4 is 10.1 Å². The summed E-state index contributed by atoms with van der Waals surface area (Å²) >= 11 is 5.87. The molecule has 0 aliphatic rings. The molecule has 0 radical (unpaired) electrons. The highest BCUT2D eigenvalue weighted by molar-refractivity contribution is 6.30. The molecule has 0 fully saturated rings. The Hall–Kier alpha value is -1.26. The molecule has 19 heavy (non-hydrogen) atoms. The molecule has 1 aromatic carbocycles. The van der Waals surface area contributed by atoms with Crippen molar-refractivity contribution in [2.45, 2.75) is 26.4 Å².